The molecule has 4 heteroatoms. The fourth-order valence-electron chi connectivity index (χ4n) is 1.45. The lowest BCUT2D eigenvalue weighted by atomic mass is 10.1. The molecule has 0 aliphatic carbocycles. The SMILES string of the molecule is O=C1Cc2cccc(/C=N/O)c2N1. The second-order valence-electron chi connectivity index (χ2n) is 2.85. The number of oxime groups is 1. The van der Waals surface area contributed by atoms with E-state index in [1.165, 1.54) is 6.21 Å². The predicted molar refractivity (Wildman–Crippen MR) is 48.2 cm³/mol. The second-order valence-corrected chi connectivity index (χ2v) is 2.85. The third-order valence-corrected chi connectivity index (χ3v) is 2.00. The number of benzene rings is 1. The van der Waals surface area contributed by atoms with E-state index in [4.69, 9.17) is 5.21 Å². The predicted octanol–water partition coefficient (Wildman–Crippen LogP) is 0.989. The van der Waals surface area contributed by atoms with E-state index in [-0.39, 0.29) is 5.91 Å². The van der Waals surface area contributed by atoms with Crippen LogP contribution in [-0.2, 0) is 11.2 Å². The number of fused-ring (bicyclic) bond motifs is 1. The van der Waals surface area contributed by atoms with Crippen molar-refractivity contribution in [2.24, 2.45) is 5.16 Å². The van der Waals surface area contributed by atoms with Gasteiger partial charge < -0.3 is 10.5 Å². The van der Waals surface area contributed by atoms with Gasteiger partial charge in [0, 0.05) is 5.56 Å². The van der Waals surface area contributed by atoms with Crippen LogP contribution in [-0.4, -0.2) is 17.3 Å². The molecule has 1 amide bonds. The monoisotopic (exact) mass is 176 g/mol. The summed E-state index contributed by atoms with van der Waals surface area (Å²) in [5, 5.41) is 14.0. The van der Waals surface area contributed by atoms with Crippen molar-refractivity contribution in [1.82, 2.24) is 0 Å². The summed E-state index contributed by atoms with van der Waals surface area (Å²) in [4.78, 5) is 11.0. The standard InChI is InChI=1S/C9H8N2O2/c12-8-4-6-2-1-3-7(5-10-13)9(6)11-8/h1-3,5,13H,4H2,(H,11,12)/b10-5+. The van der Waals surface area contributed by atoms with Gasteiger partial charge in [-0.25, -0.2) is 0 Å². The van der Waals surface area contributed by atoms with Gasteiger partial charge in [-0.3, -0.25) is 4.79 Å². The zero-order valence-electron chi connectivity index (χ0n) is 6.82. The molecule has 0 fully saturated rings. The number of amides is 1. The minimum absolute atomic E-state index is 0.0196. The summed E-state index contributed by atoms with van der Waals surface area (Å²) in [6.07, 6.45) is 1.72. The normalized spacial score (nSPS) is 14.6. The van der Waals surface area contributed by atoms with Crippen LogP contribution < -0.4 is 5.32 Å². The van der Waals surface area contributed by atoms with Crippen molar-refractivity contribution < 1.29 is 10.0 Å². The molecule has 0 aromatic heterocycles. The highest BCUT2D eigenvalue weighted by molar-refractivity contribution is 6.04. The van der Waals surface area contributed by atoms with E-state index in [0.29, 0.717) is 6.42 Å². The fourth-order valence-corrected chi connectivity index (χ4v) is 1.45. The Hall–Kier alpha value is -1.84. The van der Waals surface area contributed by atoms with Crippen LogP contribution >= 0.6 is 0 Å². The quantitative estimate of drug-likeness (QED) is 0.381. The smallest absolute Gasteiger partial charge is 0.228 e. The van der Waals surface area contributed by atoms with Crippen molar-refractivity contribution in [1.29, 1.82) is 0 Å². The molecule has 0 bridgehead atoms. The van der Waals surface area contributed by atoms with E-state index >= 15 is 0 Å². The average Bonchev–Trinajstić information content (AvgIpc) is 2.47. The number of hydrogen-bond donors (Lipinski definition) is 2. The molecule has 0 saturated heterocycles. The largest absolute Gasteiger partial charge is 0.411 e. The van der Waals surface area contributed by atoms with Gasteiger partial charge in [-0.05, 0) is 5.56 Å². The van der Waals surface area contributed by atoms with Crippen LogP contribution in [0.25, 0.3) is 0 Å². The minimum atomic E-state index is -0.0196. The van der Waals surface area contributed by atoms with E-state index in [9.17, 15) is 4.79 Å². The van der Waals surface area contributed by atoms with Crippen molar-refractivity contribution in [2.75, 3.05) is 5.32 Å². The van der Waals surface area contributed by atoms with Gasteiger partial charge in [-0.15, -0.1) is 0 Å². The molecule has 1 aliphatic rings. The molecule has 1 aromatic carbocycles. The number of nitrogens with one attached hydrogen (secondary N) is 1. The number of hydrogen-bond acceptors (Lipinski definition) is 3. The third kappa shape index (κ3) is 1.26. The Labute approximate surface area is 74.9 Å². The Morgan fingerprint density at radius 2 is 2.38 bits per heavy atom. The van der Waals surface area contributed by atoms with Crippen molar-refractivity contribution in [3.05, 3.63) is 29.3 Å². The molecule has 2 rings (SSSR count). The first-order valence-corrected chi connectivity index (χ1v) is 3.90. The molecular weight excluding hydrogens is 168 g/mol. The molecule has 1 aromatic rings. The molecule has 4 nitrogen and oxygen atoms in total. The molecule has 2 N–H and O–H groups in total. The summed E-state index contributed by atoms with van der Waals surface area (Å²) in [6.45, 7) is 0. The van der Waals surface area contributed by atoms with Crippen LogP contribution in [0.2, 0.25) is 0 Å². The number of nitrogens with zero attached hydrogens (tertiary/aromatic N) is 1. The second kappa shape index (κ2) is 2.90. The van der Waals surface area contributed by atoms with Gasteiger partial charge in [0.15, 0.2) is 0 Å². The van der Waals surface area contributed by atoms with Crippen molar-refractivity contribution in [3.8, 4) is 0 Å². The van der Waals surface area contributed by atoms with Crippen molar-refractivity contribution in [3.63, 3.8) is 0 Å². The minimum Gasteiger partial charge on any atom is -0.411 e. The molecule has 0 spiro atoms. The van der Waals surface area contributed by atoms with Gasteiger partial charge in [-0.1, -0.05) is 23.4 Å². The third-order valence-electron chi connectivity index (χ3n) is 2.00. The summed E-state index contributed by atoms with van der Waals surface area (Å²) < 4.78 is 0. The Morgan fingerprint density at radius 3 is 3.15 bits per heavy atom. The summed E-state index contributed by atoms with van der Waals surface area (Å²) in [5.41, 5.74) is 2.43. The molecule has 0 radical (unpaired) electrons. The molecule has 1 aliphatic heterocycles. The Kier molecular flexibility index (Phi) is 1.73. The lowest BCUT2D eigenvalue weighted by Gasteiger charge is -2.01. The molecule has 1 heterocycles. The molecule has 0 saturated carbocycles. The number of carbonyl (C=O) groups excluding carboxylic acids is 1. The number of anilines is 1. The first kappa shape index (κ1) is 7.79. The fraction of sp³-hybridized carbons (Fsp3) is 0.111. The van der Waals surface area contributed by atoms with Crippen LogP contribution in [0.1, 0.15) is 11.1 Å². The van der Waals surface area contributed by atoms with Gasteiger partial charge in [0.25, 0.3) is 0 Å². The zero-order valence-corrected chi connectivity index (χ0v) is 6.82. The van der Waals surface area contributed by atoms with Gasteiger partial charge in [0.05, 0.1) is 18.3 Å². The Bertz CT molecular complexity index is 385. The van der Waals surface area contributed by atoms with Crippen LogP contribution in [0.4, 0.5) is 5.69 Å². The van der Waals surface area contributed by atoms with E-state index in [2.05, 4.69) is 10.5 Å². The first-order chi connectivity index (χ1) is 6.31. The number of para-hydroxylation sites is 1. The van der Waals surface area contributed by atoms with E-state index in [1.807, 2.05) is 12.1 Å². The molecule has 0 atom stereocenters. The summed E-state index contributed by atoms with van der Waals surface area (Å²) in [7, 11) is 0. The topological polar surface area (TPSA) is 61.7 Å². The van der Waals surface area contributed by atoms with E-state index < -0.39 is 0 Å². The maximum absolute atomic E-state index is 11.0. The first-order valence-electron chi connectivity index (χ1n) is 3.90. The zero-order chi connectivity index (χ0) is 9.26. The molecular formula is C9H8N2O2. The highest BCUT2D eigenvalue weighted by atomic mass is 16.4. The lowest BCUT2D eigenvalue weighted by Crippen LogP contribution is -2.04. The van der Waals surface area contributed by atoms with Crippen molar-refractivity contribution in [2.45, 2.75) is 6.42 Å². The molecule has 0 unspecified atom stereocenters. The van der Waals surface area contributed by atoms with Gasteiger partial charge in [-0.2, -0.15) is 0 Å². The van der Waals surface area contributed by atoms with E-state index in [1.54, 1.807) is 6.07 Å². The van der Waals surface area contributed by atoms with Crippen LogP contribution in [0.3, 0.4) is 0 Å². The molecule has 13 heavy (non-hydrogen) atoms. The summed E-state index contributed by atoms with van der Waals surface area (Å²) in [5.74, 6) is -0.0196. The van der Waals surface area contributed by atoms with Crippen LogP contribution in [0.15, 0.2) is 23.4 Å². The maximum atomic E-state index is 11.0. The van der Waals surface area contributed by atoms with Gasteiger partial charge >= 0.3 is 0 Å². The van der Waals surface area contributed by atoms with Crippen LogP contribution in [0.5, 0.6) is 0 Å². The summed E-state index contributed by atoms with van der Waals surface area (Å²) >= 11 is 0. The van der Waals surface area contributed by atoms with Crippen molar-refractivity contribution >= 4 is 17.8 Å². The van der Waals surface area contributed by atoms with E-state index in [0.717, 1.165) is 16.8 Å². The number of carbonyl (C=O) groups is 1. The van der Waals surface area contributed by atoms with Gasteiger partial charge in [0.2, 0.25) is 5.91 Å². The maximum Gasteiger partial charge on any atom is 0.228 e. The highest BCUT2D eigenvalue weighted by Gasteiger charge is 2.19. The Balaban J connectivity index is 2.51. The highest BCUT2D eigenvalue weighted by Crippen LogP contribution is 2.25. The van der Waals surface area contributed by atoms with Gasteiger partial charge in [0.1, 0.15) is 0 Å². The average molecular weight is 176 g/mol. The van der Waals surface area contributed by atoms with Crippen LogP contribution in [0, 0.1) is 0 Å². The number of rotatable bonds is 1. The molecule has 66 valence electrons. The summed E-state index contributed by atoms with van der Waals surface area (Å²) in [6, 6.07) is 5.49. The lowest BCUT2D eigenvalue weighted by molar-refractivity contribution is -0.115. The Morgan fingerprint density at radius 1 is 1.54 bits per heavy atom.